The van der Waals surface area contributed by atoms with Gasteiger partial charge in [-0.25, -0.2) is 0 Å². The van der Waals surface area contributed by atoms with Crippen molar-refractivity contribution >= 4 is 23.3 Å². The van der Waals surface area contributed by atoms with Gasteiger partial charge in [-0.3, -0.25) is 19.4 Å². The fourth-order valence-corrected chi connectivity index (χ4v) is 3.05. The fourth-order valence-electron chi connectivity index (χ4n) is 3.05. The Labute approximate surface area is 152 Å². The molecule has 0 atom stereocenters. The predicted octanol–water partition coefficient (Wildman–Crippen LogP) is 3.21. The summed E-state index contributed by atoms with van der Waals surface area (Å²) in [6.07, 6.45) is 5.71. The molecule has 0 bridgehead atoms. The number of Topliss-reactive ketones (excluding diaryl/α,β-unsaturated/α-hetero) is 1. The van der Waals surface area contributed by atoms with Crippen molar-refractivity contribution in [3.63, 3.8) is 0 Å². The van der Waals surface area contributed by atoms with Crippen LogP contribution >= 0.6 is 0 Å². The van der Waals surface area contributed by atoms with Gasteiger partial charge in [-0.15, -0.1) is 0 Å². The van der Waals surface area contributed by atoms with Crippen molar-refractivity contribution in [2.75, 3.05) is 5.32 Å². The minimum atomic E-state index is -0.429. The Morgan fingerprint density at radius 1 is 1.00 bits per heavy atom. The number of nitrogens with zero attached hydrogens (tertiary/aromatic N) is 1. The third-order valence-corrected chi connectivity index (χ3v) is 4.47. The van der Waals surface area contributed by atoms with E-state index in [1.165, 1.54) is 19.2 Å². The lowest BCUT2D eigenvalue weighted by atomic mass is 10.1. The van der Waals surface area contributed by atoms with Gasteiger partial charge in [-0.2, -0.15) is 0 Å². The number of anilines is 1. The highest BCUT2D eigenvalue weighted by Gasteiger charge is 2.19. The van der Waals surface area contributed by atoms with Crippen LogP contribution in [-0.4, -0.2) is 28.6 Å². The minimum Gasteiger partial charge on any atom is -0.349 e. The van der Waals surface area contributed by atoms with Gasteiger partial charge in [0.25, 0.3) is 11.8 Å². The number of pyridine rings is 1. The molecule has 1 fully saturated rings. The highest BCUT2D eigenvalue weighted by atomic mass is 16.2. The van der Waals surface area contributed by atoms with Crippen LogP contribution < -0.4 is 10.6 Å². The van der Waals surface area contributed by atoms with Crippen molar-refractivity contribution in [2.45, 2.75) is 38.6 Å². The molecule has 0 radical (unpaired) electrons. The maximum atomic E-state index is 12.4. The summed E-state index contributed by atoms with van der Waals surface area (Å²) in [5, 5.41) is 5.70. The quantitative estimate of drug-likeness (QED) is 0.810. The summed E-state index contributed by atoms with van der Waals surface area (Å²) >= 11 is 0. The second-order valence-electron chi connectivity index (χ2n) is 6.48. The number of hydrogen-bond donors (Lipinski definition) is 2. The zero-order valence-corrected chi connectivity index (χ0v) is 14.6. The average Bonchev–Trinajstić information content (AvgIpc) is 3.15. The number of carbonyl (C=O) groups excluding carboxylic acids is 3. The molecule has 26 heavy (non-hydrogen) atoms. The second-order valence-corrected chi connectivity index (χ2v) is 6.48. The Morgan fingerprint density at radius 2 is 1.77 bits per heavy atom. The van der Waals surface area contributed by atoms with Crippen molar-refractivity contribution < 1.29 is 14.4 Å². The Morgan fingerprint density at radius 3 is 2.50 bits per heavy atom. The van der Waals surface area contributed by atoms with Gasteiger partial charge >= 0.3 is 0 Å². The van der Waals surface area contributed by atoms with E-state index in [0.29, 0.717) is 16.8 Å². The minimum absolute atomic E-state index is 0.0789. The van der Waals surface area contributed by atoms with Gasteiger partial charge < -0.3 is 10.6 Å². The molecular weight excluding hydrogens is 330 g/mol. The van der Waals surface area contributed by atoms with Crippen molar-refractivity contribution in [2.24, 2.45) is 0 Å². The molecule has 1 heterocycles. The molecule has 1 aromatic heterocycles. The van der Waals surface area contributed by atoms with E-state index < -0.39 is 5.91 Å². The van der Waals surface area contributed by atoms with Crippen LogP contribution in [0.1, 0.15) is 63.8 Å². The summed E-state index contributed by atoms with van der Waals surface area (Å²) in [6, 6.07) is 9.97. The molecule has 6 nitrogen and oxygen atoms in total. The lowest BCUT2D eigenvalue weighted by molar-refractivity contribution is 0.0937. The van der Waals surface area contributed by atoms with Crippen LogP contribution in [0, 0.1) is 0 Å². The summed E-state index contributed by atoms with van der Waals surface area (Å²) in [6.45, 7) is 1.47. The molecule has 1 saturated carbocycles. The number of nitrogens with one attached hydrogen (secondary N) is 2. The van der Waals surface area contributed by atoms with Crippen molar-refractivity contribution in [3.05, 3.63) is 59.4 Å². The van der Waals surface area contributed by atoms with Gasteiger partial charge in [0.2, 0.25) is 0 Å². The molecule has 1 aliphatic rings. The number of amides is 2. The first-order valence-electron chi connectivity index (χ1n) is 8.72. The Bertz CT molecular complexity index is 842. The number of benzene rings is 1. The first-order valence-corrected chi connectivity index (χ1v) is 8.72. The third kappa shape index (κ3) is 4.33. The Hall–Kier alpha value is -3.02. The van der Waals surface area contributed by atoms with Gasteiger partial charge in [0, 0.05) is 29.1 Å². The van der Waals surface area contributed by atoms with Gasteiger partial charge in [-0.05, 0) is 44.0 Å². The average molecular weight is 351 g/mol. The van der Waals surface area contributed by atoms with Crippen LogP contribution in [0.3, 0.4) is 0 Å². The van der Waals surface area contributed by atoms with Crippen molar-refractivity contribution in [1.82, 2.24) is 10.3 Å². The van der Waals surface area contributed by atoms with E-state index in [1.807, 2.05) is 0 Å². The van der Waals surface area contributed by atoms with E-state index >= 15 is 0 Å². The molecular formula is C20H21N3O3. The summed E-state index contributed by atoms with van der Waals surface area (Å²) in [5.74, 6) is -0.696. The summed E-state index contributed by atoms with van der Waals surface area (Å²) in [7, 11) is 0. The normalized spacial score (nSPS) is 14.0. The lowest BCUT2D eigenvalue weighted by Gasteiger charge is -2.12. The van der Waals surface area contributed by atoms with E-state index in [9.17, 15) is 14.4 Å². The smallest absolute Gasteiger partial charge is 0.274 e. The van der Waals surface area contributed by atoms with Crippen LogP contribution in [-0.2, 0) is 0 Å². The lowest BCUT2D eigenvalue weighted by Crippen LogP contribution is -2.32. The molecule has 0 unspecified atom stereocenters. The highest BCUT2D eigenvalue weighted by Crippen LogP contribution is 2.18. The first kappa shape index (κ1) is 17.8. The van der Waals surface area contributed by atoms with Crippen molar-refractivity contribution in [1.29, 1.82) is 0 Å². The Kier molecular flexibility index (Phi) is 5.41. The highest BCUT2D eigenvalue weighted by molar-refractivity contribution is 6.05. The molecule has 0 aliphatic heterocycles. The summed E-state index contributed by atoms with van der Waals surface area (Å²) < 4.78 is 0. The first-order chi connectivity index (χ1) is 12.5. The zero-order chi connectivity index (χ0) is 18.5. The van der Waals surface area contributed by atoms with Gasteiger partial charge in [0.05, 0.1) is 0 Å². The molecule has 1 aliphatic carbocycles. The molecule has 2 N–H and O–H groups in total. The van der Waals surface area contributed by atoms with Gasteiger partial charge in [0.15, 0.2) is 5.78 Å². The van der Waals surface area contributed by atoms with E-state index in [1.54, 1.807) is 30.3 Å². The van der Waals surface area contributed by atoms with Crippen LogP contribution in [0.4, 0.5) is 5.69 Å². The fraction of sp³-hybridized carbons (Fsp3) is 0.300. The summed E-state index contributed by atoms with van der Waals surface area (Å²) in [5.41, 5.74) is 1.58. The predicted molar refractivity (Wildman–Crippen MR) is 98.4 cm³/mol. The van der Waals surface area contributed by atoms with E-state index in [4.69, 9.17) is 0 Å². The van der Waals surface area contributed by atoms with Crippen LogP contribution in [0.15, 0.2) is 42.6 Å². The molecule has 2 aromatic rings. The topological polar surface area (TPSA) is 88.2 Å². The zero-order valence-electron chi connectivity index (χ0n) is 14.6. The van der Waals surface area contributed by atoms with Crippen LogP contribution in [0.5, 0.6) is 0 Å². The Balaban J connectivity index is 1.70. The maximum Gasteiger partial charge on any atom is 0.274 e. The molecule has 1 aromatic carbocycles. The number of carbonyl (C=O) groups is 3. The van der Waals surface area contributed by atoms with Gasteiger partial charge in [-0.1, -0.05) is 25.0 Å². The molecule has 3 rings (SSSR count). The number of aromatic nitrogens is 1. The van der Waals surface area contributed by atoms with Crippen molar-refractivity contribution in [3.8, 4) is 0 Å². The SMILES string of the molecule is CC(=O)c1cccc(NC(=O)c2cc(C(=O)NC3CCCC3)ccn2)c1. The van der Waals surface area contributed by atoms with Crippen LogP contribution in [0.25, 0.3) is 0 Å². The second kappa shape index (κ2) is 7.91. The van der Waals surface area contributed by atoms with E-state index in [0.717, 1.165) is 25.7 Å². The molecule has 6 heteroatoms. The van der Waals surface area contributed by atoms with E-state index in [-0.39, 0.29) is 23.4 Å². The monoisotopic (exact) mass is 351 g/mol. The summed E-state index contributed by atoms with van der Waals surface area (Å²) in [4.78, 5) is 40.3. The van der Waals surface area contributed by atoms with Gasteiger partial charge in [0.1, 0.15) is 5.69 Å². The molecule has 2 amide bonds. The molecule has 134 valence electrons. The number of hydrogen-bond acceptors (Lipinski definition) is 4. The molecule has 0 spiro atoms. The number of rotatable bonds is 5. The van der Waals surface area contributed by atoms with Crippen LogP contribution in [0.2, 0.25) is 0 Å². The standard InChI is InChI=1S/C20H21N3O3/c1-13(24)14-5-4-8-17(11-14)23-20(26)18-12-15(9-10-21-18)19(25)22-16-6-2-3-7-16/h4-5,8-12,16H,2-3,6-7H2,1H3,(H,22,25)(H,23,26). The largest absolute Gasteiger partial charge is 0.349 e. The third-order valence-electron chi connectivity index (χ3n) is 4.47. The molecule has 0 saturated heterocycles. The van der Waals surface area contributed by atoms with E-state index in [2.05, 4.69) is 15.6 Å². The number of ketones is 1. The maximum absolute atomic E-state index is 12.4.